The SMILES string of the molecule is CC(O)C([C]=O)NC(=O)C(N)Cc1ccccc1. The normalized spacial score (nSPS) is 15.5. The number of nitrogens with one attached hydrogen (secondary N) is 1. The molecule has 0 spiro atoms. The second-order valence-electron chi connectivity index (χ2n) is 4.14. The number of carbonyl (C=O) groups excluding carboxylic acids is 2. The topological polar surface area (TPSA) is 92.4 Å². The summed E-state index contributed by atoms with van der Waals surface area (Å²) < 4.78 is 0. The molecular weight excluding hydrogens is 232 g/mol. The standard InChI is InChI=1S/C13H17N2O3/c1-9(17)12(8-16)15-13(18)11(14)7-10-5-3-2-4-6-10/h2-6,9,11-12,17H,7,14H2,1H3,(H,15,18). The first-order chi connectivity index (χ1) is 8.54. The van der Waals surface area contributed by atoms with E-state index in [4.69, 9.17) is 5.73 Å². The molecule has 5 nitrogen and oxygen atoms in total. The zero-order valence-corrected chi connectivity index (χ0v) is 10.2. The van der Waals surface area contributed by atoms with Crippen molar-refractivity contribution < 1.29 is 14.7 Å². The molecule has 0 heterocycles. The summed E-state index contributed by atoms with van der Waals surface area (Å²) in [5.74, 6) is -0.479. The van der Waals surface area contributed by atoms with Crippen molar-refractivity contribution in [3.63, 3.8) is 0 Å². The molecule has 3 atom stereocenters. The molecule has 0 saturated carbocycles. The predicted molar refractivity (Wildman–Crippen MR) is 67.4 cm³/mol. The Hall–Kier alpha value is -1.72. The van der Waals surface area contributed by atoms with Crippen LogP contribution in [-0.2, 0) is 16.0 Å². The van der Waals surface area contributed by atoms with Crippen LogP contribution in [0.1, 0.15) is 12.5 Å². The number of benzene rings is 1. The lowest BCUT2D eigenvalue weighted by atomic mass is 10.1. The molecule has 97 valence electrons. The number of carbonyl (C=O) groups is 1. The highest BCUT2D eigenvalue weighted by atomic mass is 16.3. The molecule has 0 aliphatic carbocycles. The number of hydrogen-bond acceptors (Lipinski definition) is 4. The zero-order valence-electron chi connectivity index (χ0n) is 10.2. The van der Waals surface area contributed by atoms with E-state index in [1.165, 1.54) is 6.92 Å². The van der Waals surface area contributed by atoms with E-state index < -0.39 is 24.1 Å². The van der Waals surface area contributed by atoms with E-state index in [0.29, 0.717) is 6.42 Å². The van der Waals surface area contributed by atoms with Gasteiger partial charge in [-0.3, -0.25) is 9.59 Å². The van der Waals surface area contributed by atoms with Crippen LogP contribution in [0.5, 0.6) is 0 Å². The highest BCUT2D eigenvalue weighted by Gasteiger charge is 2.21. The molecule has 0 saturated heterocycles. The van der Waals surface area contributed by atoms with Crippen molar-refractivity contribution in [3.8, 4) is 0 Å². The first-order valence-corrected chi connectivity index (χ1v) is 5.70. The number of aliphatic hydroxyl groups excluding tert-OH is 1. The molecule has 0 fully saturated rings. The lowest BCUT2D eigenvalue weighted by Crippen LogP contribution is -2.50. The molecule has 0 aliphatic heterocycles. The second kappa shape index (κ2) is 6.88. The Morgan fingerprint density at radius 2 is 2.06 bits per heavy atom. The molecule has 1 amide bonds. The Morgan fingerprint density at radius 1 is 1.44 bits per heavy atom. The molecule has 1 aromatic carbocycles. The molecule has 18 heavy (non-hydrogen) atoms. The first kappa shape index (κ1) is 14.3. The molecule has 5 heteroatoms. The predicted octanol–water partition coefficient (Wildman–Crippen LogP) is -0.468. The average molecular weight is 249 g/mol. The minimum absolute atomic E-state index is 0.373. The Morgan fingerprint density at radius 3 is 2.56 bits per heavy atom. The molecule has 1 radical (unpaired) electrons. The van der Waals surface area contributed by atoms with Crippen molar-refractivity contribution in [1.29, 1.82) is 0 Å². The molecule has 0 aliphatic rings. The van der Waals surface area contributed by atoms with Crippen molar-refractivity contribution in [3.05, 3.63) is 35.9 Å². The number of hydrogen-bond donors (Lipinski definition) is 3. The summed E-state index contributed by atoms with van der Waals surface area (Å²) in [6, 6.07) is 7.52. The van der Waals surface area contributed by atoms with Gasteiger partial charge in [0.15, 0.2) is 0 Å². The van der Waals surface area contributed by atoms with Crippen LogP contribution in [0.3, 0.4) is 0 Å². The highest BCUT2D eigenvalue weighted by molar-refractivity contribution is 5.84. The molecule has 0 aromatic heterocycles. The van der Waals surface area contributed by atoms with Gasteiger partial charge in [-0.15, -0.1) is 0 Å². The van der Waals surface area contributed by atoms with Gasteiger partial charge in [0.25, 0.3) is 0 Å². The zero-order chi connectivity index (χ0) is 13.5. The van der Waals surface area contributed by atoms with E-state index in [1.54, 1.807) is 6.29 Å². The van der Waals surface area contributed by atoms with Crippen LogP contribution in [0.25, 0.3) is 0 Å². The van der Waals surface area contributed by atoms with Crippen molar-refractivity contribution in [2.75, 3.05) is 0 Å². The van der Waals surface area contributed by atoms with Crippen molar-refractivity contribution in [1.82, 2.24) is 5.32 Å². The van der Waals surface area contributed by atoms with Crippen LogP contribution < -0.4 is 11.1 Å². The minimum atomic E-state index is -1.04. The van der Waals surface area contributed by atoms with Gasteiger partial charge >= 0.3 is 0 Å². The summed E-state index contributed by atoms with van der Waals surface area (Å²) in [5, 5.41) is 11.6. The van der Waals surface area contributed by atoms with Crippen LogP contribution in [0.4, 0.5) is 0 Å². The van der Waals surface area contributed by atoms with Crippen LogP contribution in [-0.4, -0.2) is 35.5 Å². The Bertz CT molecular complexity index is 392. The number of nitrogens with two attached hydrogens (primary N) is 1. The average Bonchev–Trinajstić information content (AvgIpc) is 2.36. The number of amides is 1. The Kier molecular flexibility index (Phi) is 5.48. The third-order valence-corrected chi connectivity index (χ3v) is 2.54. The van der Waals surface area contributed by atoms with Gasteiger partial charge in [0.05, 0.1) is 12.1 Å². The quantitative estimate of drug-likeness (QED) is 0.635. The fourth-order valence-electron chi connectivity index (χ4n) is 1.47. The van der Waals surface area contributed by atoms with Gasteiger partial charge in [-0.2, -0.15) is 0 Å². The van der Waals surface area contributed by atoms with Crippen molar-refractivity contribution in [2.45, 2.75) is 31.5 Å². The molecule has 4 N–H and O–H groups in total. The first-order valence-electron chi connectivity index (χ1n) is 5.70. The number of aliphatic hydroxyl groups is 1. The summed E-state index contributed by atoms with van der Waals surface area (Å²) in [6.45, 7) is 1.40. The second-order valence-corrected chi connectivity index (χ2v) is 4.14. The molecule has 1 aromatic rings. The van der Waals surface area contributed by atoms with E-state index in [9.17, 15) is 14.7 Å². The van der Waals surface area contributed by atoms with Gasteiger partial charge in [0, 0.05) is 0 Å². The molecule has 0 bridgehead atoms. The van der Waals surface area contributed by atoms with Gasteiger partial charge in [-0.05, 0) is 18.9 Å². The summed E-state index contributed by atoms with van der Waals surface area (Å²) in [7, 11) is 0. The summed E-state index contributed by atoms with van der Waals surface area (Å²) in [5.41, 5.74) is 6.66. The Balaban J connectivity index is 2.54. The third kappa shape index (κ3) is 4.27. The van der Waals surface area contributed by atoms with E-state index in [-0.39, 0.29) is 0 Å². The van der Waals surface area contributed by atoms with E-state index in [2.05, 4.69) is 5.32 Å². The van der Waals surface area contributed by atoms with E-state index in [0.717, 1.165) is 5.56 Å². The highest BCUT2D eigenvalue weighted by Crippen LogP contribution is 2.02. The lowest BCUT2D eigenvalue weighted by Gasteiger charge is -2.18. The van der Waals surface area contributed by atoms with Crippen LogP contribution >= 0.6 is 0 Å². The van der Waals surface area contributed by atoms with Crippen LogP contribution in [0, 0.1) is 0 Å². The maximum Gasteiger partial charge on any atom is 0.237 e. The molecule has 1 rings (SSSR count). The monoisotopic (exact) mass is 249 g/mol. The Labute approximate surface area is 106 Å². The third-order valence-electron chi connectivity index (χ3n) is 2.54. The van der Waals surface area contributed by atoms with E-state index >= 15 is 0 Å². The van der Waals surface area contributed by atoms with Gasteiger partial charge in [0.2, 0.25) is 12.2 Å². The summed E-state index contributed by atoms with van der Waals surface area (Å²) >= 11 is 0. The molecule has 3 unspecified atom stereocenters. The van der Waals surface area contributed by atoms with Crippen molar-refractivity contribution in [2.24, 2.45) is 5.73 Å². The van der Waals surface area contributed by atoms with Crippen LogP contribution in [0.2, 0.25) is 0 Å². The smallest absolute Gasteiger partial charge is 0.237 e. The maximum absolute atomic E-state index is 11.7. The van der Waals surface area contributed by atoms with Gasteiger partial charge in [0.1, 0.15) is 6.04 Å². The fraction of sp³-hybridized carbons (Fsp3) is 0.385. The lowest BCUT2D eigenvalue weighted by molar-refractivity contribution is -0.123. The van der Waals surface area contributed by atoms with Gasteiger partial charge in [-0.25, -0.2) is 0 Å². The number of rotatable bonds is 6. The summed E-state index contributed by atoms with van der Waals surface area (Å²) in [4.78, 5) is 22.2. The van der Waals surface area contributed by atoms with Gasteiger partial charge < -0.3 is 16.2 Å². The van der Waals surface area contributed by atoms with Crippen molar-refractivity contribution >= 4 is 12.2 Å². The minimum Gasteiger partial charge on any atom is -0.391 e. The maximum atomic E-state index is 11.7. The largest absolute Gasteiger partial charge is 0.391 e. The van der Waals surface area contributed by atoms with Gasteiger partial charge in [-0.1, -0.05) is 30.3 Å². The van der Waals surface area contributed by atoms with Crippen LogP contribution in [0.15, 0.2) is 30.3 Å². The molecular formula is C13H17N2O3. The van der Waals surface area contributed by atoms with E-state index in [1.807, 2.05) is 30.3 Å². The summed E-state index contributed by atoms with van der Waals surface area (Å²) in [6.07, 6.45) is 0.946. The fourth-order valence-corrected chi connectivity index (χ4v) is 1.47.